The van der Waals surface area contributed by atoms with Gasteiger partial charge in [0.05, 0.1) is 0 Å². The van der Waals surface area contributed by atoms with Crippen molar-refractivity contribution >= 4 is 0 Å². The van der Waals surface area contributed by atoms with Gasteiger partial charge < -0.3 is 4.57 Å². The van der Waals surface area contributed by atoms with Gasteiger partial charge in [0.1, 0.15) is 0 Å². The molecule has 0 saturated heterocycles. The highest BCUT2D eigenvalue weighted by molar-refractivity contribution is 5.21. The van der Waals surface area contributed by atoms with E-state index in [1.54, 1.807) is 0 Å². The number of hydrogen-bond donors (Lipinski definition) is 1. The predicted molar refractivity (Wildman–Crippen MR) is 106 cm³/mol. The van der Waals surface area contributed by atoms with Crippen molar-refractivity contribution in [1.29, 1.82) is 0 Å². The molecule has 0 bridgehead atoms. The molecular weight excluding hydrogens is 851 g/mol. The third-order valence-electron chi connectivity index (χ3n) is 6.72. The van der Waals surface area contributed by atoms with Gasteiger partial charge in [-0.25, -0.2) is 4.79 Å². The first-order chi connectivity index (χ1) is 22.6. The number of aromatic amines is 1. The fourth-order valence-corrected chi connectivity index (χ4v) is 3.42. The van der Waals surface area contributed by atoms with Gasteiger partial charge in [0.15, 0.2) is 0 Å². The summed E-state index contributed by atoms with van der Waals surface area (Å²) in [6, 6.07) is 0.170. The molecule has 0 saturated carbocycles. The molecule has 0 aliphatic carbocycles. The molecule has 1 heterocycles. The van der Waals surface area contributed by atoms with Crippen molar-refractivity contribution in [2.45, 2.75) is 96.1 Å². The van der Waals surface area contributed by atoms with Gasteiger partial charge in [-0.3, -0.25) is 9.78 Å². The smallest absolute Gasteiger partial charge is 0.300 e. The quantitative estimate of drug-likeness (QED) is 0.180. The molecule has 1 aromatic rings. The number of H-pyrrole nitrogens is 1. The van der Waals surface area contributed by atoms with E-state index in [9.17, 15) is 137 Å². The molecule has 0 aromatic carbocycles. The van der Waals surface area contributed by atoms with Crippen molar-refractivity contribution in [3.63, 3.8) is 0 Å². The van der Waals surface area contributed by atoms with E-state index in [1.165, 1.54) is 0 Å². The molecule has 0 radical (unpaired) electrons. The summed E-state index contributed by atoms with van der Waals surface area (Å²) in [6.45, 7) is -2.18. The molecule has 0 atom stereocenters. The van der Waals surface area contributed by atoms with Crippen LogP contribution in [0.15, 0.2) is 21.9 Å². The Morgan fingerprint density at radius 2 is 0.642 bits per heavy atom. The van der Waals surface area contributed by atoms with E-state index < -0.39 is 107 Å². The number of nitrogens with one attached hydrogen (secondary N) is 1. The molecule has 4 nitrogen and oxygen atoms in total. The van der Waals surface area contributed by atoms with E-state index >= 15 is 0 Å². The zero-order chi connectivity index (χ0) is 43.3. The van der Waals surface area contributed by atoms with Crippen molar-refractivity contribution in [1.82, 2.24) is 9.55 Å². The Labute approximate surface area is 267 Å². The highest BCUT2D eigenvalue weighted by Gasteiger charge is 3.00. The van der Waals surface area contributed by atoms with Crippen LogP contribution >= 0.6 is 0 Å². The van der Waals surface area contributed by atoms with Gasteiger partial charge in [-0.05, 0) is 0 Å². The second kappa shape index (κ2) is 12.3. The van der Waals surface area contributed by atoms with Crippen LogP contribution in [0, 0.1) is 0 Å². The minimum Gasteiger partial charge on any atom is -0.300 e. The molecule has 53 heavy (non-hydrogen) atoms. The first kappa shape index (κ1) is 47.7. The van der Waals surface area contributed by atoms with Crippen LogP contribution in [0.25, 0.3) is 0 Å². The van der Waals surface area contributed by atoms with Gasteiger partial charge in [0.25, 0.3) is 5.56 Å². The Morgan fingerprint density at radius 3 is 0.887 bits per heavy atom. The highest BCUT2D eigenvalue weighted by Crippen LogP contribution is 2.69. The van der Waals surface area contributed by atoms with Crippen LogP contribution in [0.2, 0.25) is 0 Å². The van der Waals surface area contributed by atoms with Gasteiger partial charge in [-0.1, -0.05) is 0 Å². The number of aryl methyl sites for hydroxylation is 1. The minimum atomic E-state index is -9.98. The average Bonchev–Trinajstić information content (AvgIpc) is 2.94. The lowest BCUT2D eigenvalue weighted by Crippen LogP contribution is -2.79. The van der Waals surface area contributed by atoms with Crippen LogP contribution in [0.1, 0.15) is 6.42 Å². The minimum absolute atomic E-state index is 0.0528. The van der Waals surface area contributed by atoms with Crippen molar-refractivity contribution < 1.29 is 127 Å². The summed E-state index contributed by atoms with van der Waals surface area (Å²) in [6.07, 6.45) is -11.5. The van der Waals surface area contributed by atoms with Crippen LogP contribution in [-0.4, -0.2) is 92.7 Å². The molecule has 0 unspecified atom stereocenters. The standard InChI is InChI=1S/C20H7F29N2O2/c21-7(22,2-4-51-3-1-5(52)50-6(51)53)8(23,24)9(25,26)10(27,28)11(29,30)12(31,32)13(33,34)14(35,36)15(37,38)16(39,40)17(41,42)18(43,44)19(45,46)20(47,48)49/h1,3H,2,4H2,(H,50,52,53). The third-order valence-corrected chi connectivity index (χ3v) is 6.72. The van der Waals surface area contributed by atoms with Crippen LogP contribution in [-0.2, 0) is 6.54 Å². The molecule has 1 rings (SSSR count). The zero-order valence-corrected chi connectivity index (χ0v) is 23.3. The topological polar surface area (TPSA) is 54.9 Å². The summed E-state index contributed by atoms with van der Waals surface area (Å²) in [5.74, 6) is -121. The molecular formula is C20H7F29N2O2. The van der Waals surface area contributed by atoms with E-state index in [2.05, 4.69) is 0 Å². The fourth-order valence-electron chi connectivity index (χ4n) is 3.42. The second-order valence-corrected chi connectivity index (χ2v) is 10.1. The molecule has 33 heteroatoms. The Hall–Kier alpha value is -3.35. The van der Waals surface area contributed by atoms with Crippen LogP contribution in [0.5, 0.6) is 0 Å². The van der Waals surface area contributed by atoms with Crippen LogP contribution in [0.3, 0.4) is 0 Å². The highest BCUT2D eigenvalue weighted by atomic mass is 19.4. The lowest BCUT2D eigenvalue weighted by Gasteiger charge is -2.46. The van der Waals surface area contributed by atoms with Gasteiger partial charge in [0, 0.05) is 25.2 Å². The zero-order valence-electron chi connectivity index (χ0n) is 23.3. The largest absolute Gasteiger partial charge is 0.460 e. The molecule has 0 aliphatic rings. The monoisotopic (exact) mass is 858 g/mol. The maximum Gasteiger partial charge on any atom is 0.460 e. The molecule has 0 aliphatic heterocycles. The summed E-state index contributed by atoms with van der Waals surface area (Å²) in [7, 11) is 0. The summed E-state index contributed by atoms with van der Waals surface area (Å²) >= 11 is 0. The molecule has 0 fully saturated rings. The van der Waals surface area contributed by atoms with E-state index in [1.807, 2.05) is 0 Å². The van der Waals surface area contributed by atoms with Gasteiger partial charge >= 0.3 is 88.9 Å². The van der Waals surface area contributed by atoms with E-state index in [-0.39, 0.29) is 16.8 Å². The van der Waals surface area contributed by atoms with E-state index in [0.717, 1.165) is 4.98 Å². The van der Waals surface area contributed by atoms with Gasteiger partial charge in [0.2, 0.25) is 0 Å². The molecule has 1 aromatic heterocycles. The number of aromatic nitrogens is 2. The maximum absolute atomic E-state index is 14.0. The number of rotatable bonds is 15. The van der Waals surface area contributed by atoms with Gasteiger partial charge in [-0.2, -0.15) is 127 Å². The first-order valence-electron chi connectivity index (χ1n) is 11.9. The van der Waals surface area contributed by atoms with Crippen molar-refractivity contribution in [2.24, 2.45) is 0 Å². The predicted octanol–water partition coefficient (Wildman–Crippen LogP) is 8.75. The van der Waals surface area contributed by atoms with Crippen molar-refractivity contribution in [3.05, 3.63) is 33.1 Å². The number of alkyl halides is 29. The number of nitrogens with zero attached hydrogens (tertiary/aromatic N) is 1. The summed E-state index contributed by atoms with van der Waals surface area (Å²) in [5, 5.41) is 0. The average molecular weight is 858 g/mol. The molecule has 312 valence electrons. The third kappa shape index (κ3) is 6.02. The first-order valence-corrected chi connectivity index (χ1v) is 11.9. The SMILES string of the molecule is O=c1ccn(CCC(F)(F)C(F)(F)C(F)(F)C(F)(F)C(F)(F)C(F)(F)C(F)(F)C(F)(F)C(F)(F)C(F)(F)C(F)(F)C(F)(F)C(F)(F)C(F)(F)F)c(=O)[nH]1. The Kier molecular flexibility index (Phi) is 11.1. The number of hydrogen-bond acceptors (Lipinski definition) is 2. The summed E-state index contributed by atoms with van der Waals surface area (Å²) in [4.78, 5) is 23.3. The maximum atomic E-state index is 14.0. The molecule has 0 amide bonds. The summed E-state index contributed by atoms with van der Waals surface area (Å²) < 4.78 is 393. The fraction of sp³-hybridized carbons (Fsp3) is 0.800. The van der Waals surface area contributed by atoms with Gasteiger partial charge in [-0.15, -0.1) is 0 Å². The normalized spacial score (nSPS) is 16.3. The Bertz CT molecular complexity index is 1610. The van der Waals surface area contributed by atoms with E-state index in [0.29, 0.717) is 0 Å². The lowest BCUT2D eigenvalue weighted by atomic mass is 9.83. The Morgan fingerprint density at radius 1 is 0.396 bits per heavy atom. The van der Waals surface area contributed by atoms with Crippen molar-refractivity contribution in [3.8, 4) is 0 Å². The van der Waals surface area contributed by atoms with Crippen LogP contribution in [0.4, 0.5) is 127 Å². The summed E-state index contributed by atoms with van der Waals surface area (Å²) in [5.41, 5.74) is -3.32. The van der Waals surface area contributed by atoms with Crippen LogP contribution < -0.4 is 11.2 Å². The Balaban J connectivity index is 3.88. The second-order valence-electron chi connectivity index (χ2n) is 10.1. The number of halogens is 29. The van der Waals surface area contributed by atoms with Crippen molar-refractivity contribution in [2.75, 3.05) is 0 Å². The van der Waals surface area contributed by atoms with E-state index in [4.69, 9.17) is 0 Å². The lowest BCUT2D eigenvalue weighted by molar-refractivity contribution is -0.487. The molecule has 1 N–H and O–H groups in total. The molecule has 0 spiro atoms.